The summed E-state index contributed by atoms with van der Waals surface area (Å²) < 4.78 is 5.41. The van der Waals surface area contributed by atoms with Gasteiger partial charge in [0.2, 0.25) is 0 Å². The molecule has 4 heteroatoms. The molecule has 0 heterocycles. The van der Waals surface area contributed by atoms with Gasteiger partial charge in [0.1, 0.15) is 18.2 Å². The monoisotopic (exact) mass is 228 g/mol. The molecule has 1 aromatic carbocycles. The molecule has 0 unspecified atom stereocenters. The van der Waals surface area contributed by atoms with Gasteiger partial charge in [-0.05, 0) is 17.5 Å². The van der Waals surface area contributed by atoms with Crippen LogP contribution in [0, 0.1) is 5.41 Å². The minimum atomic E-state index is 0. The van der Waals surface area contributed by atoms with Gasteiger partial charge in [0.15, 0.2) is 0 Å². The first-order chi connectivity index (χ1) is 6.61. The van der Waals surface area contributed by atoms with Crippen LogP contribution < -0.4 is 10.5 Å². The number of nitrogens with two attached hydrogens (primary N) is 1. The molecule has 3 N–H and O–H groups in total. The Labute approximate surface area is 96.5 Å². The van der Waals surface area contributed by atoms with Crippen LogP contribution in [0.15, 0.2) is 24.3 Å². The van der Waals surface area contributed by atoms with Crippen LogP contribution in [0.4, 0.5) is 0 Å². The smallest absolute Gasteiger partial charge is 0.145 e. The van der Waals surface area contributed by atoms with Crippen molar-refractivity contribution < 1.29 is 4.74 Å². The number of benzene rings is 1. The molecule has 0 spiro atoms. The van der Waals surface area contributed by atoms with Gasteiger partial charge in [0.25, 0.3) is 0 Å². The predicted octanol–water partition coefficient (Wildman–Crippen LogP) is 2.55. The molecule has 1 rings (SSSR count). The summed E-state index contributed by atoms with van der Waals surface area (Å²) in [7, 11) is 0. The molecule has 0 radical (unpaired) electrons. The number of hydrogen-bond acceptors (Lipinski definition) is 2. The fourth-order valence-electron chi connectivity index (χ4n) is 1.24. The lowest BCUT2D eigenvalue weighted by atomic mass is 10.0. The Bertz CT molecular complexity index is 326. The van der Waals surface area contributed by atoms with Crippen LogP contribution in [0.25, 0.3) is 0 Å². The number of nitrogens with one attached hydrogen (secondary N) is 1. The predicted molar refractivity (Wildman–Crippen MR) is 65.2 cm³/mol. The molecular formula is C11H17ClN2O. The Morgan fingerprint density at radius 2 is 2.00 bits per heavy atom. The highest BCUT2D eigenvalue weighted by Crippen LogP contribution is 2.25. The highest BCUT2D eigenvalue weighted by Gasteiger charge is 2.06. The fraction of sp³-hybridized carbons (Fsp3) is 0.364. The zero-order valence-corrected chi connectivity index (χ0v) is 9.80. The maximum atomic E-state index is 7.07. The van der Waals surface area contributed by atoms with Crippen LogP contribution >= 0.6 is 12.4 Å². The van der Waals surface area contributed by atoms with Crippen molar-refractivity contribution in [3.05, 3.63) is 29.8 Å². The molecule has 1 aromatic rings. The molecule has 0 aliphatic heterocycles. The third kappa shape index (κ3) is 4.21. The lowest BCUT2D eigenvalue weighted by Gasteiger charge is -2.12. The van der Waals surface area contributed by atoms with Crippen molar-refractivity contribution in [1.29, 1.82) is 5.41 Å². The second kappa shape index (κ2) is 6.30. The summed E-state index contributed by atoms with van der Waals surface area (Å²) in [6.07, 6.45) is 0. The molecule has 84 valence electrons. The van der Waals surface area contributed by atoms with E-state index < -0.39 is 0 Å². The second-order valence-corrected chi connectivity index (χ2v) is 3.51. The lowest BCUT2D eigenvalue weighted by molar-refractivity contribution is 0.368. The summed E-state index contributed by atoms with van der Waals surface area (Å²) >= 11 is 0. The lowest BCUT2D eigenvalue weighted by Crippen LogP contribution is -2.19. The van der Waals surface area contributed by atoms with E-state index in [4.69, 9.17) is 15.9 Å². The van der Waals surface area contributed by atoms with Crippen molar-refractivity contribution in [3.8, 4) is 5.75 Å². The molecule has 0 saturated heterocycles. The van der Waals surface area contributed by atoms with Gasteiger partial charge in [-0.1, -0.05) is 32.0 Å². The van der Waals surface area contributed by atoms with Gasteiger partial charge in [-0.2, -0.15) is 0 Å². The third-order valence-corrected chi connectivity index (χ3v) is 1.92. The largest absolute Gasteiger partial charge is 0.485 e. The molecule has 0 saturated carbocycles. The molecule has 0 aliphatic carbocycles. The number of halogens is 1. The van der Waals surface area contributed by atoms with Crippen molar-refractivity contribution in [3.63, 3.8) is 0 Å². The molecule has 0 fully saturated rings. The van der Waals surface area contributed by atoms with Gasteiger partial charge >= 0.3 is 0 Å². The fourth-order valence-corrected chi connectivity index (χ4v) is 1.24. The maximum Gasteiger partial charge on any atom is 0.145 e. The van der Waals surface area contributed by atoms with Gasteiger partial charge in [-0.25, -0.2) is 0 Å². The van der Waals surface area contributed by atoms with Crippen molar-refractivity contribution in [1.82, 2.24) is 0 Å². The number of hydrogen-bond donors (Lipinski definition) is 2. The molecule has 0 atom stereocenters. The molecule has 0 amide bonds. The first-order valence-corrected chi connectivity index (χ1v) is 4.66. The zero-order chi connectivity index (χ0) is 10.6. The summed E-state index contributed by atoms with van der Waals surface area (Å²) in [6, 6.07) is 7.83. The zero-order valence-electron chi connectivity index (χ0n) is 8.99. The van der Waals surface area contributed by atoms with Crippen LogP contribution in [0.2, 0.25) is 0 Å². The molecule has 0 bridgehead atoms. The molecule has 0 aromatic heterocycles. The summed E-state index contributed by atoms with van der Waals surface area (Å²) in [6.45, 7) is 4.37. The third-order valence-electron chi connectivity index (χ3n) is 1.92. The number of amidine groups is 1. The number of ether oxygens (including phenoxy) is 1. The molecule has 0 aliphatic rings. The van der Waals surface area contributed by atoms with Crippen molar-refractivity contribution in [2.75, 3.05) is 6.61 Å². The molecular weight excluding hydrogens is 212 g/mol. The SMILES string of the molecule is CC(C)c1ccccc1OCC(=N)N.Cl. The van der Waals surface area contributed by atoms with Gasteiger partial charge in [0, 0.05) is 0 Å². The van der Waals surface area contributed by atoms with Crippen LogP contribution in [-0.4, -0.2) is 12.4 Å². The van der Waals surface area contributed by atoms with E-state index in [0.717, 1.165) is 11.3 Å². The quantitative estimate of drug-likeness (QED) is 0.615. The van der Waals surface area contributed by atoms with E-state index in [1.54, 1.807) is 0 Å². The van der Waals surface area contributed by atoms with E-state index in [1.165, 1.54) is 0 Å². The van der Waals surface area contributed by atoms with Gasteiger partial charge in [-0.3, -0.25) is 5.41 Å². The van der Waals surface area contributed by atoms with Crippen molar-refractivity contribution in [2.24, 2.45) is 5.73 Å². The summed E-state index contributed by atoms with van der Waals surface area (Å²) in [5.74, 6) is 1.28. The van der Waals surface area contributed by atoms with Gasteiger partial charge < -0.3 is 10.5 Å². The van der Waals surface area contributed by atoms with Crippen molar-refractivity contribution in [2.45, 2.75) is 19.8 Å². The van der Waals surface area contributed by atoms with E-state index in [2.05, 4.69) is 13.8 Å². The van der Waals surface area contributed by atoms with Gasteiger partial charge in [0.05, 0.1) is 0 Å². The highest BCUT2D eigenvalue weighted by atomic mass is 35.5. The summed E-state index contributed by atoms with van der Waals surface area (Å²) in [5, 5.41) is 7.07. The van der Waals surface area contributed by atoms with E-state index in [0.29, 0.717) is 5.92 Å². The van der Waals surface area contributed by atoms with Crippen LogP contribution in [-0.2, 0) is 0 Å². The van der Waals surface area contributed by atoms with E-state index >= 15 is 0 Å². The Balaban J connectivity index is 0.00000196. The highest BCUT2D eigenvalue weighted by molar-refractivity contribution is 5.85. The van der Waals surface area contributed by atoms with Crippen molar-refractivity contribution >= 4 is 18.2 Å². The summed E-state index contributed by atoms with van der Waals surface area (Å²) in [5.41, 5.74) is 6.37. The number of para-hydroxylation sites is 1. The average molecular weight is 229 g/mol. The van der Waals surface area contributed by atoms with Gasteiger partial charge in [-0.15, -0.1) is 12.4 Å². The normalized spacial score (nSPS) is 9.53. The Hall–Kier alpha value is -1.22. The van der Waals surface area contributed by atoms with Crippen LogP contribution in [0.3, 0.4) is 0 Å². The topological polar surface area (TPSA) is 59.1 Å². The maximum absolute atomic E-state index is 7.07. The Morgan fingerprint density at radius 1 is 1.40 bits per heavy atom. The minimum Gasteiger partial charge on any atom is -0.485 e. The number of rotatable bonds is 4. The standard InChI is InChI=1S/C11H16N2O.ClH/c1-8(2)9-5-3-4-6-10(9)14-7-11(12)13;/h3-6,8H,7H2,1-2H3,(H3,12,13);1H. The summed E-state index contributed by atoms with van der Waals surface area (Å²) in [4.78, 5) is 0. The van der Waals surface area contributed by atoms with Crippen LogP contribution in [0.5, 0.6) is 5.75 Å². The Kier molecular flexibility index (Phi) is 5.79. The van der Waals surface area contributed by atoms with E-state index in [9.17, 15) is 0 Å². The van der Waals surface area contributed by atoms with E-state index in [-0.39, 0.29) is 24.8 Å². The second-order valence-electron chi connectivity index (χ2n) is 3.51. The van der Waals surface area contributed by atoms with Crippen LogP contribution in [0.1, 0.15) is 25.3 Å². The average Bonchev–Trinajstić information content (AvgIpc) is 2.15. The molecule has 3 nitrogen and oxygen atoms in total. The molecule has 15 heavy (non-hydrogen) atoms. The minimum absolute atomic E-state index is 0. The Morgan fingerprint density at radius 3 is 2.53 bits per heavy atom. The first-order valence-electron chi connectivity index (χ1n) is 4.66. The van der Waals surface area contributed by atoms with E-state index in [1.807, 2.05) is 24.3 Å². The first kappa shape index (κ1) is 13.8.